The van der Waals surface area contributed by atoms with Gasteiger partial charge in [0.05, 0.1) is 7.11 Å². The molecule has 2 aromatic carbocycles. The number of amides is 1. The predicted octanol–water partition coefficient (Wildman–Crippen LogP) is 3.09. The van der Waals surface area contributed by atoms with Crippen LogP contribution in [0.2, 0.25) is 0 Å². The minimum atomic E-state index is -0.0263. The van der Waals surface area contributed by atoms with E-state index in [0.29, 0.717) is 30.2 Å². The van der Waals surface area contributed by atoms with Gasteiger partial charge in [0.2, 0.25) is 6.79 Å². The Balaban J connectivity index is 1.75. The van der Waals surface area contributed by atoms with E-state index in [1.54, 1.807) is 30.2 Å². The van der Waals surface area contributed by atoms with E-state index < -0.39 is 0 Å². The third-order valence-corrected chi connectivity index (χ3v) is 3.82. The molecule has 0 N–H and O–H groups in total. The lowest BCUT2D eigenvalue weighted by molar-refractivity contribution is 0.0752. The highest BCUT2D eigenvalue weighted by Crippen LogP contribution is 2.32. The molecule has 0 atom stereocenters. The van der Waals surface area contributed by atoms with E-state index in [1.807, 2.05) is 31.2 Å². The number of methoxy groups -OCH3 is 1. The van der Waals surface area contributed by atoms with Gasteiger partial charge >= 0.3 is 0 Å². The molecule has 0 bridgehead atoms. The van der Waals surface area contributed by atoms with Gasteiger partial charge in [-0.3, -0.25) is 4.79 Å². The minimum Gasteiger partial charge on any atom is -0.497 e. The maximum atomic E-state index is 12.7. The summed E-state index contributed by atoms with van der Waals surface area (Å²) >= 11 is 0. The van der Waals surface area contributed by atoms with Crippen LogP contribution in [0.15, 0.2) is 42.5 Å². The number of carbonyl (C=O) groups is 1. The molecule has 1 heterocycles. The Morgan fingerprint density at radius 3 is 2.57 bits per heavy atom. The van der Waals surface area contributed by atoms with Gasteiger partial charge in [-0.25, -0.2) is 0 Å². The monoisotopic (exact) mass is 313 g/mol. The first-order valence-electron chi connectivity index (χ1n) is 7.53. The van der Waals surface area contributed by atoms with Gasteiger partial charge in [0.15, 0.2) is 11.5 Å². The maximum absolute atomic E-state index is 12.7. The van der Waals surface area contributed by atoms with Crippen molar-refractivity contribution < 1.29 is 19.0 Å². The zero-order chi connectivity index (χ0) is 16.2. The van der Waals surface area contributed by atoms with Crippen LogP contribution in [0.4, 0.5) is 0 Å². The van der Waals surface area contributed by atoms with Crippen LogP contribution in [-0.2, 0) is 6.54 Å². The Labute approximate surface area is 135 Å². The van der Waals surface area contributed by atoms with Gasteiger partial charge in [-0.2, -0.15) is 0 Å². The molecule has 0 fully saturated rings. The zero-order valence-electron chi connectivity index (χ0n) is 13.2. The lowest BCUT2D eigenvalue weighted by atomic mass is 10.1. The number of rotatable bonds is 5. The second kappa shape index (κ2) is 6.60. The fraction of sp³-hybridized carbons (Fsp3) is 0.278. The third-order valence-electron chi connectivity index (χ3n) is 3.82. The van der Waals surface area contributed by atoms with Gasteiger partial charge in [-0.1, -0.05) is 12.1 Å². The Morgan fingerprint density at radius 2 is 1.87 bits per heavy atom. The van der Waals surface area contributed by atoms with Crippen molar-refractivity contribution in [3.8, 4) is 17.2 Å². The van der Waals surface area contributed by atoms with Crippen molar-refractivity contribution >= 4 is 5.91 Å². The molecule has 0 saturated heterocycles. The summed E-state index contributed by atoms with van der Waals surface area (Å²) in [7, 11) is 1.64. The largest absolute Gasteiger partial charge is 0.497 e. The molecule has 1 aliphatic rings. The Bertz CT molecular complexity index is 697. The van der Waals surface area contributed by atoms with Crippen LogP contribution in [0.1, 0.15) is 22.8 Å². The van der Waals surface area contributed by atoms with Crippen LogP contribution in [0.5, 0.6) is 17.2 Å². The zero-order valence-corrected chi connectivity index (χ0v) is 13.2. The van der Waals surface area contributed by atoms with E-state index in [9.17, 15) is 4.79 Å². The van der Waals surface area contributed by atoms with Crippen LogP contribution in [0.25, 0.3) is 0 Å². The number of nitrogens with zero attached hydrogens (tertiary/aromatic N) is 1. The SMILES string of the molecule is CCN(Cc1ccc(OC)cc1)C(=O)c1ccc2c(c1)OCO2. The standard InChI is InChI=1S/C18H19NO4/c1-3-19(11-13-4-7-15(21-2)8-5-13)18(20)14-6-9-16-17(10-14)23-12-22-16/h4-10H,3,11-12H2,1-2H3. The molecule has 5 nitrogen and oxygen atoms in total. The second-order valence-corrected chi connectivity index (χ2v) is 5.24. The van der Waals surface area contributed by atoms with Crippen LogP contribution in [-0.4, -0.2) is 31.3 Å². The van der Waals surface area contributed by atoms with E-state index >= 15 is 0 Å². The molecular weight excluding hydrogens is 294 g/mol. The van der Waals surface area contributed by atoms with E-state index in [-0.39, 0.29) is 12.7 Å². The van der Waals surface area contributed by atoms with Crippen LogP contribution >= 0.6 is 0 Å². The Morgan fingerprint density at radius 1 is 1.13 bits per heavy atom. The Kier molecular flexibility index (Phi) is 4.37. The second-order valence-electron chi connectivity index (χ2n) is 5.24. The summed E-state index contributed by atoms with van der Waals surface area (Å²) in [5, 5.41) is 0. The van der Waals surface area contributed by atoms with Gasteiger partial charge in [-0.05, 0) is 42.8 Å². The molecule has 0 unspecified atom stereocenters. The van der Waals surface area contributed by atoms with Crippen molar-refractivity contribution in [2.24, 2.45) is 0 Å². The van der Waals surface area contributed by atoms with Crippen molar-refractivity contribution in [3.05, 3.63) is 53.6 Å². The highest BCUT2D eigenvalue weighted by atomic mass is 16.7. The lowest BCUT2D eigenvalue weighted by Crippen LogP contribution is -2.30. The van der Waals surface area contributed by atoms with Crippen LogP contribution < -0.4 is 14.2 Å². The summed E-state index contributed by atoms with van der Waals surface area (Å²) in [5.41, 5.74) is 1.66. The molecule has 3 rings (SSSR count). The fourth-order valence-electron chi connectivity index (χ4n) is 2.49. The quantitative estimate of drug-likeness (QED) is 0.851. The predicted molar refractivity (Wildman–Crippen MR) is 86.0 cm³/mol. The molecular formula is C18H19NO4. The van der Waals surface area contributed by atoms with Crippen LogP contribution in [0.3, 0.4) is 0 Å². The van der Waals surface area contributed by atoms with Gasteiger partial charge in [0, 0.05) is 18.7 Å². The minimum absolute atomic E-state index is 0.0263. The summed E-state index contributed by atoms with van der Waals surface area (Å²) in [6.45, 7) is 3.35. The topological polar surface area (TPSA) is 48.0 Å². The molecule has 0 spiro atoms. The maximum Gasteiger partial charge on any atom is 0.254 e. The highest BCUT2D eigenvalue weighted by molar-refractivity contribution is 5.95. The van der Waals surface area contributed by atoms with E-state index in [4.69, 9.17) is 14.2 Å². The number of fused-ring (bicyclic) bond motifs is 1. The summed E-state index contributed by atoms with van der Waals surface area (Å²) in [6.07, 6.45) is 0. The number of ether oxygens (including phenoxy) is 3. The lowest BCUT2D eigenvalue weighted by Gasteiger charge is -2.21. The summed E-state index contributed by atoms with van der Waals surface area (Å²) in [5.74, 6) is 2.08. The number of benzene rings is 2. The molecule has 120 valence electrons. The number of hydrogen-bond donors (Lipinski definition) is 0. The van der Waals surface area contributed by atoms with Gasteiger partial charge in [0.1, 0.15) is 5.75 Å². The fourth-order valence-corrected chi connectivity index (χ4v) is 2.49. The summed E-state index contributed by atoms with van der Waals surface area (Å²) < 4.78 is 15.8. The van der Waals surface area contributed by atoms with Crippen molar-refractivity contribution in [3.63, 3.8) is 0 Å². The molecule has 23 heavy (non-hydrogen) atoms. The van der Waals surface area contributed by atoms with E-state index in [0.717, 1.165) is 11.3 Å². The normalized spacial score (nSPS) is 12.1. The molecule has 0 saturated carbocycles. The number of carbonyl (C=O) groups excluding carboxylic acids is 1. The van der Waals surface area contributed by atoms with Gasteiger partial charge in [-0.15, -0.1) is 0 Å². The van der Waals surface area contributed by atoms with Crippen molar-refractivity contribution in [1.29, 1.82) is 0 Å². The average molecular weight is 313 g/mol. The Hall–Kier alpha value is -2.69. The summed E-state index contributed by atoms with van der Waals surface area (Å²) in [4.78, 5) is 14.5. The van der Waals surface area contributed by atoms with Crippen molar-refractivity contribution in [2.45, 2.75) is 13.5 Å². The molecule has 0 aromatic heterocycles. The summed E-state index contributed by atoms with van der Waals surface area (Å²) in [6, 6.07) is 13.0. The first kappa shape index (κ1) is 15.2. The van der Waals surface area contributed by atoms with Crippen LogP contribution in [0, 0.1) is 0 Å². The highest BCUT2D eigenvalue weighted by Gasteiger charge is 2.19. The average Bonchev–Trinajstić information content (AvgIpc) is 3.07. The van der Waals surface area contributed by atoms with Crippen molar-refractivity contribution in [2.75, 3.05) is 20.4 Å². The third kappa shape index (κ3) is 3.23. The molecule has 0 radical (unpaired) electrons. The molecule has 1 aliphatic heterocycles. The molecule has 2 aromatic rings. The molecule has 1 amide bonds. The smallest absolute Gasteiger partial charge is 0.254 e. The van der Waals surface area contributed by atoms with Crippen molar-refractivity contribution in [1.82, 2.24) is 4.90 Å². The van der Waals surface area contributed by atoms with E-state index in [2.05, 4.69) is 0 Å². The molecule has 5 heteroatoms. The van der Waals surface area contributed by atoms with Gasteiger partial charge in [0.25, 0.3) is 5.91 Å². The first-order valence-corrected chi connectivity index (χ1v) is 7.53. The van der Waals surface area contributed by atoms with E-state index in [1.165, 1.54) is 0 Å². The molecule has 0 aliphatic carbocycles. The van der Waals surface area contributed by atoms with Gasteiger partial charge < -0.3 is 19.1 Å². The first-order chi connectivity index (χ1) is 11.2. The number of hydrogen-bond acceptors (Lipinski definition) is 4.